The number of carbonyl (C=O) groups is 2. The topological polar surface area (TPSA) is 105 Å². The van der Waals surface area contributed by atoms with E-state index in [2.05, 4.69) is 0 Å². The molecule has 0 saturated carbocycles. The van der Waals surface area contributed by atoms with Gasteiger partial charge >= 0.3 is 11.9 Å². The fourth-order valence-corrected chi connectivity index (χ4v) is 6.51. The Morgan fingerprint density at radius 2 is 1.55 bits per heavy atom. The van der Waals surface area contributed by atoms with Crippen LogP contribution < -0.4 is 24.4 Å². The molecule has 1 aromatic heterocycles. The van der Waals surface area contributed by atoms with E-state index in [1.807, 2.05) is 78.9 Å². The Bertz CT molecular complexity index is 2190. The largest absolute Gasteiger partial charge is 0.497 e. The summed E-state index contributed by atoms with van der Waals surface area (Å²) in [5, 5.41) is 0. The second-order valence-electron chi connectivity index (χ2n) is 11.0. The lowest BCUT2D eigenvalue weighted by molar-refractivity contribution is -0.138. The summed E-state index contributed by atoms with van der Waals surface area (Å²) in [4.78, 5) is 45.2. The first-order valence-corrected chi connectivity index (χ1v) is 16.6. The molecule has 0 radical (unpaired) electrons. The van der Waals surface area contributed by atoms with Gasteiger partial charge in [-0.1, -0.05) is 78.1 Å². The van der Waals surface area contributed by atoms with Gasteiger partial charge in [0.15, 0.2) is 4.80 Å². The molecule has 9 nitrogen and oxygen atoms in total. The van der Waals surface area contributed by atoms with Gasteiger partial charge in [0.1, 0.15) is 18.1 Å². The minimum Gasteiger partial charge on any atom is -0.497 e. The Balaban J connectivity index is 1.39. The molecule has 5 aromatic rings. The first-order chi connectivity index (χ1) is 23.9. The van der Waals surface area contributed by atoms with Gasteiger partial charge < -0.3 is 18.9 Å². The number of benzene rings is 4. The molecule has 1 atom stereocenters. The average molecular weight is 675 g/mol. The maximum atomic E-state index is 14.2. The molecule has 1 aliphatic rings. The molecule has 0 spiro atoms. The zero-order valence-electron chi connectivity index (χ0n) is 27.3. The van der Waals surface area contributed by atoms with E-state index in [0.29, 0.717) is 44.3 Å². The highest BCUT2D eigenvalue weighted by Crippen LogP contribution is 2.35. The Kier molecular flexibility index (Phi) is 10.2. The number of rotatable bonds is 11. The number of nitrogens with zero attached hydrogens (tertiary/aromatic N) is 2. The molecule has 0 unspecified atom stereocenters. The molecule has 0 N–H and O–H groups in total. The molecule has 6 rings (SSSR count). The maximum absolute atomic E-state index is 14.2. The van der Waals surface area contributed by atoms with E-state index in [1.165, 1.54) is 11.3 Å². The lowest BCUT2D eigenvalue weighted by Gasteiger charge is -2.26. The van der Waals surface area contributed by atoms with Crippen molar-refractivity contribution in [2.75, 3.05) is 20.3 Å². The summed E-state index contributed by atoms with van der Waals surface area (Å²) in [6.07, 6.45) is 1.80. The Hall–Kier alpha value is -5.74. The van der Waals surface area contributed by atoms with Gasteiger partial charge in [0.2, 0.25) is 0 Å². The van der Waals surface area contributed by atoms with Gasteiger partial charge in [-0.05, 0) is 73.0 Å². The fraction of sp³-hybridized carbons (Fsp3) is 0.179. The SMILES string of the molecule is CCOC(=O)C1=C(c2ccccc2)N=c2s/c(=C\c3cccc(OCc4ccc(C(=O)OCC)cc4)c3)c(=O)n2[C@@H]1c1ccc(OC)cc1. The highest BCUT2D eigenvalue weighted by atomic mass is 32.1. The van der Waals surface area contributed by atoms with Gasteiger partial charge in [0.05, 0.1) is 47.7 Å². The zero-order chi connectivity index (χ0) is 34.3. The summed E-state index contributed by atoms with van der Waals surface area (Å²) in [5.41, 5.74) is 4.03. The van der Waals surface area contributed by atoms with Crippen molar-refractivity contribution >= 4 is 35.0 Å². The monoisotopic (exact) mass is 674 g/mol. The van der Waals surface area contributed by atoms with E-state index in [4.69, 9.17) is 23.9 Å². The Morgan fingerprint density at radius 1 is 0.837 bits per heavy atom. The van der Waals surface area contributed by atoms with E-state index >= 15 is 0 Å². The first-order valence-electron chi connectivity index (χ1n) is 15.8. The molecular weight excluding hydrogens is 641 g/mol. The van der Waals surface area contributed by atoms with Crippen LogP contribution in [0.1, 0.15) is 52.5 Å². The van der Waals surface area contributed by atoms with Crippen molar-refractivity contribution in [2.45, 2.75) is 26.5 Å². The van der Waals surface area contributed by atoms with Gasteiger partial charge in [-0.15, -0.1) is 0 Å². The lowest BCUT2D eigenvalue weighted by Crippen LogP contribution is -2.40. The van der Waals surface area contributed by atoms with Gasteiger partial charge in [-0.25, -0.2) is 14.6 Å². The maximum Gasteiger partial charge on any atom is 0.338 e. The van der Waals surface area contributed by atoms with Crippen molar-refractivity contribution in [2.24, 2.45) is 4.99 Å². The molecule has 0 saturated heterocycles. The summed E-state index contributed by atoms with van der Waals surface area (Å²) in [7, 11) is 1.58. The molecule has 2 heterocycles. The summed E-state index contributed by atoms with van der Waals surface area (Å²) in [5.74, 6) is 0.359. The molecule has 0 fully saturated rings. The third kappa shape index (κ3) is 7.24. The number of carbonyl (C=O) groups excluding carboxylic acids is 2. The number of fused-ring (bicyclic) bond motifs is 1. The van der Waals surface area contributed by atoms with Gasteiger partial charge in [0.25, 0.3) is 5.56 Å². The van der Waals surface area contributed by atoms with Crippen LogP contribution >= 0.6 is 11.3 Å². The molecule has 0 amide bonds. The van der Waals surface area contributed by atoms with E-state index in [0.717, 1.165) is 16.7 Å². The van der Waals surface area contributed by atoms with E-state index in [9.17, 15) is 14.4 Å². The van der Waals surface area contributed by atoms with Crippen LogP contribution in [0.2, 0.25) is 0 Å². The third-order valence-electron chi connectivity index (χ3n) is 7.83. The van der Waals surface area contributed by atoms with Crippen molar-refractivity contribution in [3.8, 4) is 11.5 Å². The predicted octanol–water partition coefficient (Wildman–Crippen LogP) is 5.70. The van der Waals surface area contributed by atoms with Crippen molar-refractivity contribution in [3.05, 3.63) is 156 Å². The van der Waals surface area contributed by atoms with Crippen LogP contribution in [0.4, 0.5) is 0 Å². The van der Waals surface area contributed by atoms with E-state index in [1.54, 1.807) is 55.9 Å². The van der Waals surface area contributed by atoms with Crippen LogP contribution in [0.3, 0.4) is 0 Å². The van der Waals surface area contributed by atoms with Crippen molar-refractivity contribution in [1.29, 1.82) is 0 Å². The Labute approximate surface area is 287 Å². The number of ether oxygens (including phenoxy) is 4. The van der Waals surface area contributed by atoms with Gasteiger partial charge in [0, 0.05) is 5.56 Å². The van der Waals surface area contributed by atoms with Crippen LogP contribution in [0.25, 0.3) is 11.8 Å². The number of aromatic nitrogens is 1. The van der Waals surface area contributed by atoms with Crippen LogP contribution in [0.5, 0.6) is 11.5 Å². The molecule has 10 heteroatoms. The van der Waals surface area contributed by atoms with Crippen molar-refractivity contribution < 1.29 is 28.5 Å². The van der Waals surface area contributed by atoms with Crippen molar-refractivity contribution in [1.82, 2.24) is 4.57 Å². The Morgan fingerprint density at radius 3 is 2.24 bits per heavy atom. The number of hydrogen-bond donors (Lipinski definition) is 0. The molecule has 1 aliphatic heterocycles. The van der Waals surface area contributed by atoms with Gasteiger partial charge in [-0.2, -0.15) is 0 Å². The summed E-state index contributed by atoms with van der Waals surface area (Å²) < 4.78 is 24.0. The van der Waals surface area contributed by atoms with E-state index in [-0.39, 0.29) is 30.3 Å². The van der Waals surface area contributed by atoms with E-state index < -0.39 is 12.0 Å². The number of thiazole rings is 1. The van der Waals surface area contributed by atoms with Crippen LogP contribution in [-0.2, 0) is 20.9 Å². The van der Waals surface area contributed by atoms with Gasteiger partial charge in [-0.3, -0.25) is 9.36 Å². The standard InChI is InChI=1S/C39H34N2O7S/c1-4-46-37(43)29-16-14-25(15-17-29)24-48-31-13-9-10-26(22-31)23-32-36(42)41-35(28-18-20-30(45-3)21-19-28)33(38(44)47-5-2)34(40-39(41)49-32)27-11-7-6-8-12-27/h6-23,35H,4-5,24H2,1-3H3/b32-23-/t35-/m1/s1. The summed E-state index contributed by atoms with van der Waals surface area (Å²) >= 11 is 1.25. The molecule has 4 aromatic carbocycles. The van der Waals surface area contributed by atoms with Crippen LogP contribution in [-0.4, -0.2) is 36.8 Å². The number of esters is 2. The summed E-state index contributed by atoms with van der Waals surface area (Å²) in [6, 6.07) is 30.4. The second kappa shape index (κ2) is 15.0. The highest BCUT2D eigenvalue weighted by molar-refractivity contribution is 7.07. The average Bonchev–Trinajstić information content (AvgIpc) is 3.44. The molecular formula is C39H34N2O7S. The zero-order valence-corrected chi connectivity index (χ0v) is 28.1. The highest BCUT2D eigenvalue weighted by Gasteiger charge is 2.35. The molecule has 0 aliphatic carbocycles. The predicted molar refractivity (Wildman–Crippen MR) is 187 cm³/mol. The minimum absolute atomic E-state index is 0.168. The molecule has 248 valence electrons. The second-order valence-corrected chi connectivity index (χ2v) is 12.0. The molecule has 0 bridgehead atoms. The third-order valence-corrected chi connectivity index (χ3v) is 8.81. The van der Waals surface area contributed by atoms with Crippen molar-refractivity contribution in [3.63, 3.8) is 0 Å². The molecule has 49 heavy (non-hydrogen) atoms. The van der Waals surface area contributed by atoms with Crippen LogP contribution in [0.15, 0.2) is 118 Å². The summed E-state index contributed by atoms with van der Waals surface area (Å²) in [6.45, 7) is 4.29. The van der Waals surface area contributed by atoms with Crippen LogP contribution in [0, 0.1) is 0 Å². The lowest BCUT2D eigenvalue weighted by atomic mass is 9.93. The smallest absolute Gasteiger partial charge is 0.338 e. The quantitative estimate of drug-likeness (QED) is 0.166. The fourth-order valence-electron chi connectivity index (χ4n) is 5.51. The first kappa shape index (κ1) is 33.2. The minimum atomic E-state index is -0.788. The number of methoxy groups -OCH3 is 1. The number of hydrogen-bond acceptors (Lipinski definition) is 9. The normalized spacial score (nSPS) is 14.1.